The fourth-order valence-corrected chi connectivity index (χ4v) is 0.728. The van der Waals surface area contributed by atoms with Gasteiger partial charge in [-0.3, -0.25) is 4.79 Å². The molecule has 0 aromatic heterocycles. The first-order chi connectivity index (χ1) is 5.84. The monoisotopic (exact) mass is 162 g/mol. The van der Waals surface area contributed by atoms with Gasteiger partial charge >= 0.3 is 0 Å². The smallest absolute Gasteiger partial charge is 0.267 e. The molecule has 0 aliphatic heterocycles. The average molecular weight is 162 g/mol. The quantitative estimate of drug-likeness (QED) is 0.394. The Balaban J connectivity index is 2.72. The van der Waals surface area contributed by atoms with Gasteiger partial charge in [0.25, 0.3) is 12.0 Å². The molecule has 0 atom stereocenters. The number of isocyanates is 1. The lowest BCUT2D eigenvalue weighted by Gasteiger charge is -1.95. The molecule has 1 rings (SSSR count). The molecule has 1 aromatic carbocycles. The second-order valence-corrected chi connectivity index (χ2v) is 2.01. The molecule has 0 bridgehead atoms. The van der Waals surface area contributed by atoms with Crippen molar-refractivity contribution in [1.82, 2.24) is 5.43 Å². The van der Waals surface area contributed by atoms with Crippen LogP contribution in [-0.2, 0) is 4.79 Å². The van der Waals surface area contributed by atoms with Crippen molar-refractivity contribution in [2.24, 2.45) is 5.10 Å². The maximum atomic E-state index is 11.0. The summed E-state index contributed by atoms with van der Waals surface area (Å²) in [5, 5.41) is 2.94. The number of carbonyl (C=O) groups excluding carboxylic acids is 2. The molecule has 0 saturated carbocycles. The van der Waals surface area contributed by atoms with Crippen molar-refractivity contribution in [2.45, 2.75) is 0 Å². The van der Waals surface area contributed by atoms with Crippen LogP contribution in [0.2, 0.25) is 0 Å². The van der Waals surface area contributed by atoms with Gasteiger partial charge in [0.1, 0.15) is 0 Å². The van der Waals surface area contributed by atoms with Crippen LogP contribution in [0.25, 0.3) is 0 Å². The highest BCUT2D eigenvalue weighted by molar-refractivity contribution is 5.94. The SMILES string of the molecule is O=C=NNC(=O)c1ccccc1. The Bertz CT molecular complexity index is 315. The third kappa shape index (κ3) is 2.04. The van der Waals surface area contributed by atoms with Crippen LogP contribution in [0, 0.1) is 0 Å². The number of rotatable bonds is 2. The zero-order valence-corrected chi connectivity index (χ0v) is 6.15. The van der Waals surface area contributed by atoms with Crippen molar-refractivity contribution in [3.05, 3.63) is 35.9 Å². The summed E-state index contributed by atoms with van der Waals surface area (Å²) < 4.78 is 0. The lowest BCUT2D eigenvalue weighted by molar-refractivity contribution is 0.0954. The van der Waals surface area contributed by atoms with Crippen molar-refractivity contribution < 1.29 is 9.59 Å². The average Bonchev–Trinajstić information content (AvgIpc) is 2.15. The lowest BCUT2D eigenvalue weighted by Crippen LogP contribution is -2.16. The van der Waals surface area contributed by atoms with Crippen LogP contribution >= 0.6 is 0 Å². The first kappa shape index (κ1) is 8.17. The fraction of sp³-hybridized carbons (Fsp3) is 0. The molecule has 0 aliphatic rings. The standard InChI is InChI=1S/C8H6N2O2/c11-6-9-10-8(12)7-4-2-1-3-5-7/h1-5H,(H,10,12). The highest BCUT2D eigenvalue weighted by Crippen LogP contribution is 1.96. The minimum absolute atomic E-state index is 0.418. The number of hydrogen-bond donors (Lipinski definition) is 1. The minimum Gasteiger partial charge on any atom is -0.267 e. The lowest BCUT2D eigenvalue weighted by atomic mass is 10.2. The van der Waals surface area contributed by atoms with E-state index < -0.39 is 5.91 Å². The largest absolute Gasteiger partial charge is 0.272 e. The molecular weight excluding hydrogens is 156 g/mol. The van der Waals surface area contributed by atoms with Gasteiger partial charge in [-0.25, -0.2) is 10.2 Å². The van der Waals surface area contributed by atoms with Gasteiger partial charge < -0.3 is 0 Å². The molecule has 1 N–H and O–H groups in total. The van der Waals surface area contributed by atoms with Gasteiger partial charge in [-0.2, -0.15) is 0 Å². The normalized spacial score (nSPS) is 8.33. The summed E-state index contributed by atoms with van der Waals surface area (Å²) in [6.45, 7) is 0. The number of benzene rings is 1. The molecule has 60 valence electrons. The Kier molecular flexibility index (Phi) is 2.76. The number of nitrogens with one attached hydrogen (secondary N) is 1. The Morgan fingerprint density at radius 1 is 1.33 bits per heavy atom. The Hall–Kier alpha value is -1.93. The second-order valence-electron chi connectivity index (χ2n) is 2.01. The molecule has 1 amide bonds. The van der Waals surface area contributed by atoms with E-state index in [9.17, 15) is 9.59 Å². The highest BCUT2D eigenvalue weighted by Gasteiger charge is 2.00. The van der Waals surface area contributed by atoms with Crippen LogP contribution in [0.15, 0.2) is 35.4 Å². The van der Waals surface area contributed by atoms with E-state index in [2.05, 4.69) is 5.10 Å². The summed E-state index contributed by atoms with van der Waals surface area (Å²) in [5.74, 6) is -0.418. The second kappa shape index (κ2) is 4.05. The van der Waals surface area contributed by atoms with E-state index in [-0.39, 0.29) is 0 Å². The molecule has 4 nitrogen and oxygen atoms in total. The first-order valence-corrected chi connectivity index (χ1v) is 3.27. The molecule has 4 heteroatoms. The first-order valence-electron chi connectivity index (χ1n) is 3.27. The van der Waals surface area contributed by atoms with Gasteiger partial charge in [0.05, 0.1) is 0 Å². The van der Waals surface area contributed by atoms with Crippen molar-refractivity contribution in [2.75, 3.05) is 0 Å². The van der Waals surface area contributed by atoms with E-state index in [0.29, 0.717) is 5.56 Å². The molecule has 0 radical (unpaired) electrons. The Morgan fingerprint density at radius 2 is 2.00 bits per heavy atom. The van der Waals surface area contributed by atoms with Crippen molar-refractivity contribution in [3.8, 4) is 0 Å². The number of carbonyl (C=O) groups is 1. The predicted molar refractivity (Wildman–Crippen MR) is 42.0 cm³/mol. The summed E-state index contributed by atoms with van der Waals surface area (Å²) in [6, 6.07) is 8.48. The van der Waals surface area contributed by atoms with Crippen LogP contribution in [-0.4, -0.2) is 12.0 Å². The fourth-order valence-electron chi connectivity index (χ4n) is 0.728. The van der Waals surface area contributed by atoms with E-state index in [1.165, 1.54) is 6.08 Å². The van der Waals surface area contributed by atoms with E-state index in [1.54, 1.807) is 30.3 Å². The number of hydrazone groups is 1. The van der Waals surface area contributed by atoms with Crippen molar-refractivity contribution in [1.29, 1.82) is 0 Å². The van der Waals surface area contributed by atoms with Crippen LogP contribution < -0.4 is 5.43 Å². The maximum Gasteiger partial charge on any atom is 0.272 e. The van der Waals surface area contributed by atoms with Gasteiger partial charge in [-0.05, 0) is 12.1 Å². The molecule has 0 unspecified atom stereocenters. The third-order valence-corrected chi connectivity index (χ3v) is 1.24. The molecule has 12 heavy (non-hydrogen) atoms. The van der Waals surface area contributed by atoms with Gasteiger partial charge in [-0.1, -0.05) is 23.3 Å². The molecule has 0 spiro atoms. The molecular formula is C8H6N2O2. The van der Waals surface area contributed by atoms with Crippen LogP contribution in [0.4, 0.5) is 0 Å². The molecule has 0 saturated heterocycles. The zero-order valence-electron chi connectivity index (χ0n) is 6.15. The van der Waals surface area contributed by atoms with Crippen LogP contribution in [0.1, 0.15) is 10.4 Å². The van der Waals surface area contributed by atoms with Crippen molar-refractivity contribution in [3.63, 3.8) is 0 Å². The number of nitrogens with zero attached hydrogens (tertiary/aromatic N) is 1. The van der Waals surface area contributed by atoms with E-state index in [0.717, 1.165) is 0 Å². The summed E-state index contributed by atoms with van der Waals surface area (Å²) in [4.78, 5) is 20.7. The van der Waals surface area contributed by atoms with Gasteiger partial charge in [0, 0.05) is 5.56 Å². The molecule has 1 aromatic rings. The molecule has 0 heterocycles. The van der Waals surface area contributed by atoms with Crippen molar-refractivity contribution >= 4 is 12.0 Å². The summed E-state index contributed by atoms with van der Waals surface area (Å²) >= 11 is 0. The number of amides is 1. The number of hydrogen-bond acceptors (Lipinski definition) is 3. The minimum atomic E-state index is -0.418. The summed E-state index contributed by atoms with van der Waals surface area (Å²) in [5.41, 5.74) is 2.47. The van der Waals surface area contributed by atoms with E-state index >= 15 is 0 Å². The maximum absolute atomic E-state index is 11.0. The van der Waals surface area contributed by atoms with Gasteiger partial charge in [-0.15, -0.1) is 0 Å². The van der Waals surface area contributed by atoms with Crippen LogP contribution in [0.3, 0.4) is 0 Å². The Morgan fingerprint density at radius 3 is 2.58 bits per heavy atom. The van der Waals surface area contributed by atoms with Gasteiger partial charge in [0.15, 0.2) is 0 Å². The molecule has 0 fully saturated rings. The Labute approximate surface area is 68.9 Å². The van der Waals surface area contributed by atoms with Crippen LogP contribution in [0.5, 0.6) is 0 Å². The van der Waals surface area contributed by atoms with Gasteiger partial charge in [0.2, 0.25) is 0 Å². The van der Waals surface area contributed by atoms with E-state index in [1.807, 2.05) is 5.43 Å². The van der Waals surface area contributed by atoms with E-state index in [4.69, 9.17) is 0 Å². The molecule has 0 aliphatic carbocycles. The highest BCUT2D eigenvalue weighted by atomic mass is 16.2. The third-order valence-electron chi connectivity index (χ3n) is 1.24. The zero-order chi connectivity index (χ0) is 8.81. The summed E-state index contributed by atoms with van der Waals surface area (Å²) in [6.07, 6.45) is 1.21. The predicted octanol–water partition coefficient (Wildman–Crippen LogP) is 0.667. The summed E-state index contributed by atoms with van der Waals surface area (Å²) in [7, 11) is 0. The topological polar surface area (TPSA) is 58.5 Å².